The number of ether oxygens (including phenoxy) is 3. The zero-order valence-corrected chi connectivity index (χ0v) is 21.8. The van der Waals surface area contributed by atoms with Crippen LogP contribution in [0.4, 0.5) is 4.39 Å². The molecule has 1 fully saturated rings. The molecule has 2 heterocycles. The summed E-state index contributed by atoms with van der Waals surface area (Å²) in [7, 11) is 0. The predicted molar refractivity (Wildman–Crippen MR) is 140 cm³/mol. The van der Waals surface area contributed by atoms with Crippen molar-refractivity contribution in [2.24, 2.45) is 5.92 Å². The fourth-order valence-corrected chi connectivity index (χ4v) is 4.50. The summed E-state index contributed by atoms with van der Waals surface area (Å²) in [6.45, 7) is 6.45. The number of hydrogen-bond acceptors (Lipinski definition) is 4. The molecule has 0 spiro atoms. The van der Waals surface area contributed by atoms with Crippen LogP contribution in [-0.4, -0.2) is 24.8 Å². The van der Waals surface area contributed by atoms with Crippen LogP contribution in [0.3, 0.4) is 0 Å². The van der Waals surface area contributed by atoms with Crippen LogP contribution < -0.4 is 4.74 Å². The first-order valence-corrected chi connectivity index (χ1v) is 13.8. The fourth-order valence-electron chi connectivity index (χ4n) is 4.50. The van der Waals surface area contributed by atoms with Gasteiger partial charge in [0.15, 0.2) is 17.9 Å². The third-order valence-electron chi connectivity index (χ3n) is 6.72. The van der Waals surface area contributed by atoms with Crippen molar-refractivity contribution in [1.29, 1.82) is 0 Å². The molecule has 0 amide bonds. The van der Waals surface area contributed by atoms with E-state index in [9.17, 15) is 4.39 Å². The Balaban J connectivity index is 1.41. The standard InChI is InChI=1S/C30H44FNO3/c1-3-5-7-9-10-12-14-24-22-34-30(35-23-24)26-15-17-28(32-21-26)25-16-18-29(27(31)20-25)33-19-13-11-8-6-4-2/h15-18,20-21,24,30H,3-14,19,22-23H2,1-2H3/t24-,30-. The molecule has 194 valence electrons. The maximum Gasteiger partial charge on any atom is 0.185 e. The molecule has 0 unspecified atom stereocenters. The topological polar surface area (TPSA) is 40.6 Å². The molecule has 0 radical (unpaired) electrons. The average Bonchev–Trinajstić information content (AvgIpc) is 2.89. The zero-order valence-electron chi connectivity index (χ0n) is 21.8. The second-order valence-electron chi connectivity index (χ2n) is 9.81. The molecular weight excluding hydrogens is 441 g/mol. The van der Waals surface area contributed by atoms with Crippen LogP contribution in [0.2, 0.25) is 0 Å². The number of halogens is 1. The average molecular weight is 486 g/mol. The van der Waals surface area contributed by atoms with E-state index in [0.717, 1.165) is 42.9 Å². The van der Waals surface area contributed by atoms with Gasteiger partial charge in [-0.1, -0.05) is 84.1 Å². The van der Waals surface area contributed by atoms with Crippen LogP contribution in [0.15, 0.2) is 36.5 Å². The molecule has 0 atom stereocenters. The second-order valence-corrected chi connectivity index (χ2v) is 9.81. The van der Waals surface area contributed by atoms with Gasteiger partial charge < -0.3 is 14.2 Å². The first-order chi connectivity index (χ1) is 17.2. The highest BCUT2D eigenvalue weighted by Crippen LogP contribution is 2.29. The summed E-state index contributed by atoms with van der Waals surface area (Å²) in [5.74, 6) is 0.433. The van der Waals surface area contributed by atoms with Gasteiger partial charge in [-0.25, -0.2) is 4.39 Å². The van der Waals surface area contributed by atoms with Crippen molar-refractivity contribution < 1.29 is 18.6 Å². The lowest BCUT2D eigenvalue weighted by molar-refractivity contribution is -0.206. The Labute approximate surface area is 211 Å². The molecule has 1 aliphatic heterocycles. The Hall–Kier alpha value is -1.98. The minimum atomic E-state index is -0.373. The third kappa shape index (κ3) is 9.53. The van der Waals surface area contributed by atoms with Gasteiger partial charge in [-0.15, -0.1) is 0 Å². The van der Waals surface area contributed by atoms with Gasteiger partial charge >= 0.3 is 0 Å². The van der Waals surface area contributed by atoms with E-state index in [1.165, 1.54) is 70.3 Å². The lowest BCUT2D eigenvalue weighted by Gasteiger charge is -2.29. The lowest BCUT2D eigenvalue weighted by atomic mass is 10.0. The molecule has 1 aromatic heterocycles. The molecule has 5 heteroatoms. The van der Waals surface area contributed by atoms with E-state index in [1.807, 2.05) is 18.2 Å². The van der Waals surface area contributed by atoms with E-state index in [1.54, 1.807) is 12.3 Å². The van der Waals surface area contributed by atoms with Crippen LogP contribution in [0.1, 0.15) is 103 Å². The van der Waals surface area contributed by atoms with Crippen LogP contribution in [-0.2, 0) is 9.47 Å². The second kappa shape index (κ2) is 15.9. The van der Waals surface area contributed by atoms with Crippen molar-refractivity contribution >= 4 is 0 Å². The first kappa shape index (κ1) is 27.6. The van der Waals surface area contributed by atoms with Crippen molar-refractivity contribution in [1.82, 2.24) is 4.98 Å². The maximum absolute atomic E-state index is 14.5. The molecule has 3 rings (SSSR count). The summed E-state index contributed by atoms with van der Waals surface area (Å²) in [5.41, 5.74) is 2.35. The molecule has 4 nitrogen and oxygen atoms in total. The quantitative estimate of drug-likeness (QED) is 0.223. The van der Waals surface area contributed by atoms with Gasteiger partial charge in [0.25, 0.3) is 0 Å². The SMILES string of the molecule is CCCCCCCC[C@H]1CO[C@H](c2ccc(-c3ccc(OCCCCCCC)c(F)c3)nc2)OC1. The zero-order chi connectivity index (χ0) is 24.7. The van der Waals surface area contributed by atoms with Crippen LogP contribution in [0.25, 0.3) is 11.3 Å². The highest BCUT2D eigenvalue weighted by Gasteiger charge is 2.23. The summed E-state index contributed by atoms with van der Waals surface area (Å²) in [6.07, 6.45) is 16.2. The van der Waals surface area contributed by atoms with E-state index >= 15 is 0 Å². The number of benzene rings is 1. The van der Waals surface area contributed by atoms with Crippen molar-refractivity contribution in [2.75, 3.05) is 19.8 Å². The molecular formula is C30H44FNO3. The highest BCUT2D eigenvalue weighted by atomic mass is 19.1. The number of unbranched alkanes of at least 4 members (excludes halogenated alkanes) is 9. The smallest absolute Gasteiger partial charge is 0.185 e. The number of aromatic nitrogens is 1. The molecule has 35 heavy (non-hydrogen) atoms. The monoisotopic (exact) mass is 485 g/mol. The van der Waals surface area contributed by atoms with Gasteiger partial charge in [-0.05, 0) is 37.1 Å². The molecule has 1 saturated heterocycles. The van der Waals surface area contributed by atoms with Gasteiger partial charge in [0, 0.05) is 23.2 Å². The Morgan fingerprint density at radius 3 is 2.20 bits per heavy atom. The van der Waals surface area contributed by atoms with Crippen LogP contribution in [0, 0.1) is 11.7 Å². The van der Waals surface area contributed by atoms with Gasteiger partial charge in [0.05, 0.1) is 25.5 Å². The number of hydrogen-bond donors (Lipinski definition) is 0. The highest BCUT2D eigenvalue weighted by molar-refractivity contribution is 5.60. The van der Waals surface area contributed by atoms with E-state index in [0.29, 0.717) is 18.3 Å². The molecule has 1 aromatic carbocycles. The molecule has 0 aliphatic carbocycles. The fraction of sp³-hybridized carbons (Fsp3) is 0.633. The first-order valence-electron chi connectivity index (χ1n) is 13.8. The maximum atomic E-state index is 14.5. The third-order valence-corrected chi connectivity index (χ3v) is 6.72. The lowest BCUT2D eigenvalue weighted by Crippen LogP contribution is -2.27. The van der Waals surface area contributed by atoms with E-state index in [4.69, 9.17) is 14.2 Å². The summed E-state index contributed by atoms with van der Waals surface area (Å²) in [6, 6.07) is 8.91. The van der Waals surface area contributed by atoms with Crippen molar-refractivity contribution in [3.05, 3.63) is 47.9 Å². The minimum absolute atomic E-state index is 0.306. The number of nitrogens with zero attached hydrogens (tertiary/aromatic N) is 1. The normalized spacial score (nSPS) is 18.0. The Bertz CT molecular complexity index is 834. The van der Waals surface area contributed by atoms with Crippen molar-refractivity contribution in [3.8, 4) is 17.0 Å². The van der Waals surface area contributed by atoms with Gasteiger partial charge in [-0.3, -0.25) is 4.98 Å². The Morgan fingerprint density at radius 2 is 1.54 bits per heavy atom. The van der Waals surface area contributed by atoms with E-state index in [2.05, 4.69) is 18.8 Å². The van der Waals surface area contributed by atoms with Gasteiger partial charge in [0.1, 0.15) is 0 Å². The van der Waals surface area contributed by atoms with Crippen LogP contribution >= 0.6 is 0 Å². The van der Waals surface area contributed by atoms with Crippen molar-refractivity contribution in [2.45, 2.75) is 97.2 Å². The number of pyridine rings is 1. The summed E-state index contributed by atoms with van der Waals surface area (Å²) >= 11 is 0. The molecule has 0 bridgehead atoms. The summed E-state index contributed by atoms with van der Waals surface area (Å²) in [5, 5.41) is 0. The predicted octanol–water partition coefficient (Wildman–Crippen LogP) is 8.65. The summed E-state index contributed by atoms with van der Waals surface area (Å²) in [4.78, 5) is 4.54. The van der Waals surface area contributed by atoms with E-state index < -0.39 is 0 Å². The Kier molecular flexibility index (Phi) is 12.5. The van der Waals surface area contributed by atoms with Crippen molar-refractivity contribution in [3.63, 3.8) is 0 Å². The molecule has 1 aliphatic rings. The number of rotatable bonds is 16. The van der Waals surface area contributed by atoms with Gasteiger partial charge in [-0.2, -0.15) is 0 Å². The largest absolute Gasteiger partial charge is 0.491 e. The molecule has 2 aromatic rings. The minimum Gasteiger partial charge on any atom is -0.491 e. The van der Waals surface area contributed by atoms with Gasteiger partial charge in [0.2, 0.25) is 0 Å². The van der Waals surface area contributed by atoms with Crippen LogP contribution in [0.5, 0.6) is 5.75 Å². The molecule has 0 saturated carbocycles. The van der Waals surface area contributed by atoms with E-state index in [-0.39, 0.29) is 12.1 Å². The Morgan fingerprint density at radius 1 is 0.857 bits per heavy atom. The molecule has 0 N–H and O–H groups in total. The summed E-state index contributed by atoms with van der Waals surface area (Å²) < 4.78 is 32.1.